The lowest BCUT2D eigenvalue weighted by molar-refractivity contribution is -0.121. The number of aromatic nitrogens is 1. The summed E-state index contributed by atoms with van der Waals surface area (Å²) in [5.41, 5.74) is 1.97. The smallest absolute Gasteiger partial charge is 0.220 e. The first-order chi connectivity index (χ1) is 12.7. The molecule has 3 rings (SSSR count). The molecule has 26 heavy (non-hydrogen) atoms. The Balaban J connectivity index is 1.55. The number of rotatable bonds is 7. The molecule has 0 saturated carbocycles. The van der Waals surface area contributed by atoms with E-state index in [1.807, 2.05) is 61.5 Å². The van der Waals surface area contributed by atoms with Gasteiger partial charge in [0.25, 0.3) is 0 Å². The number of nitrogens with zero attached hydrogens (tertiary/aromatic N) is 1. The third kappa shape index (κ3) is 4.51. The Morgan fingerprint density at radius 1 is 1.19 bits per heavy atom. The quantitative estimate of drug-likeness (QED) is 0.695. The SMILES string of the molecule is COc1cccc(-c2cnc(CCC(=O)N[C@@H](C)c3ccccc3)o2)c1. The highest BCUT2D eigenvalue weighted by Gasteiger charge is 2.12. The first kappa shape index (κ1) is 17.7. The van der Waals surface area contributed by atoms with Crippen molar-refractivity contribution < 1.29 is 13.9 Å². The maximum absolute atomic E-state index is 12.2. The fourth-order valence-corrected chi connectivity index (χ4v) is 2.69. The highest BCUT2D eigenvalue weighted by atomic mass is 16.5. The summed E-state index contributed by atoms with van der Waals surface area (Å²) in [7, 11) is 1.62. The molecular weight excluding hydrogens is 328 g/mol. The molecule has 5 heteroatoms. The monoisotopic (exact) mass is 350 g/mol. The molecule has 0 spiro atoms. The molecule has 0 aliphatic heterocycles. The molecule has 2 aromatic carbocycles. The summed E-state index contributed by atoms with van der Waals surface area (Å²) in [6, 6.07) is 17.4. The first-order valence-electron chi connectivity index (χ1n) is 8.59. The van der Waals surface area contributed by atoms with Crippen molar-refractivity contribution in [2.24, 2.45) is 0 Å². The van der Waals surface area contributed by atoms with Gasteiger partial charge in [-0.15, -0.1) is 0 Å². The molecule has 0 aliphatic carbocycles. The number of hydrogen-bond donors (Lipinski definition) is 1. The van der Waals surface area contributed by atoms with Gasteiger partial charge in [-0.1, -0.05) is 42.5 Å². The van der Waals surface area contributed by atoms with E-state index in [4.69, 9.17) is 9.15 Å². The van der Waals surface area contributed by atoms with E-state index in [-0.39, 0.29) is 11.9 Å². The summed E-state index contributed by atoms with van der Waals surface area (Å²) in [6.07, 6.45) is 2.46. The van der Waals surface area contributed by atoms with Gasteiger partial charge in [0.1, 0.15) is 5.75 Å². The summed E-state index contributed by atoms with van der Waals surface area (Å²) in [5.74, 6) is 1.94. The fraction of sp³-hybridized carbons (Fsp3) is 0.238. The Morgan fingerprint density at radius 3 is 2.77 bits per heavy atom. The second kappa shape index (κ2) is 8.34. The Bertz CT molecular complexity index is 858. The number of benzene rings is 2. The van der Waals surface area contributed by atoms with Crippen LogP contribution in [0.2, 0.25) is 0 Å². The molecule has 1 aromatic heterocycles. The number of nitrogens with one attached hydrogen (secondary N) is 1. The van der Waals surface area contributed by atoms with Crippen LogP contribution in [0.25, 0.3) is 11.3 Å². The van der Waals surface area contributed by atoms with Gasteiger partial charge in [0.2, 0.25) is 5.91 Å². The lowest BCUT2D eigenvalue weighted by atomic mass is 10.1. The second-order valence-electron chi connectivity index (χ2n) is 6.05. The van der Waals surface area contributed by atoms with Crippen molar-refractivity contribution in [3.8, 4) is 17.1 Å². The third-order valence-corrected chi connectivity index (χ3v) is 4.15. The lowest BCUT2D eigenvalue weighted by Gasteiger charge is -2.13. The zero-order valence-electron chi connectivity index (χ0n) is 14.9. The zero-order valence-corrected chi connectivity index (χ0v) is 14.9. The van der Waals surface area contributed by atoms with Gasteiger partial charge in [-0.05, 0) is 24.6 Å². The highest BCUT2D eigenvalue weighted by molar-refractivity contribution is 5.76. The van der Waals surface area contributed by atoms with Crippen LogP contribution in [-0.2, 0) is 11.2 Å². The second-order valence-corrected chi connectivity index (χ2v) is 6.05. The number of carbonyl (C=O) groups excluding carboxylic acids is 1. The van der Waals surface area contributed by atoms with Gasteiger partial charge < -0.3 is 14.5 Å². The van der Waals surface area contributed by atoms with E-state index in [1.54, 1.807) is 13.3 Å². The molecule has 5 nitrogen and oxygen atoms in total. The number of hydrogen-bond acceptors (Lipinski definition) is 4. The van der Waals surface area contributed by atoms with Crippen molar-refractivity contribution in [2.45, 2.75) is 25.8 Å². The summed E-state index contributed by atoms with van der Waals surface area (Å²) < 4.78 is 11.0. The standard InChI is InChI=1S/C21H22N2O3/c1-15(16-7-4-3-5-8-16)23-20(24)11-12-21-22-14-19(26-21)17-9-6-10-18(13-17)25-2/h3-10,13-15H,11-12H2,1-2H3,(H,23,24)/t15-/m0/s1. The van der Waals surface area contributed by atoms with Crippen molar-refractivity contribution in [3.63, 3.8) is 0 Å². The van der Waals surface area contributed by atoms with Crippen LogP contribution >= 0.6 is 0 Å². The maximum atomic E-state index is 12.2. The van der Waals surface area contributed by atoms with Gasteiger partial charge in [0.05, 0.1) is 19.3 Å². The molecule has 1 N–H and O–H groups in total. The number of amides is 1. The predicted octanol–water partition coefficient (Wildman–Crippen LogP) is 4.16. The Hall–Kier alpha value is -3.08. The first-order valence-corrected chi connectivity index (χ1v) is 8.59. The van der Waals surface area contributed by atoms with Gasteiger partial charge in [-0.2, -0.15) is 0 Å². The fourth-order valence-electron chi connectivity index (χ4n) is 2.69. The van der Waals surface area contributed by atoms with Crippen LogP contribution in [0.1, 0.15) is 30.8 Å². The minimum Gasteiger partial charge on any atom is -0.497 e. The summed E-state index contributed by atoms with van der Waals surface area (Å²) in [6.45, 7) is 1.97. The number of oxazole rings is 1. The van der Waals surface area contributed by atoms with E-state index in [2.05, 4.69) is 10.3 Å². The highest BCUT2D eigenvalue weighted by Crippen LogP contribution is 2.24. The molecule has 3 aromatic rings. The van der Waals surface area contributed by atoms with Gasteiger partial charge in [0.15, 0.2) is 11.7 Å². The van der Waals surface area contributed by atoms with E-state index in [0.29, 0.717) is 24.5 Å². The van der Waals surface area contributed by atoms with Crippen molar-refractivity contribution in [1.82, 2.24) is 10.3 Å². The molecular formula is C21H22N2O3. The van der Waals surface area contributed by atoms with Crippen LogP contribution in [0, 0.1) is 0 Å². The van der Waals surface area contributed by atoms with Crippen molar-refractivity contribution in [1.29, 1.82) is 0 Å². The molecule has 0 radical (unpaired) electrons. The minimum atomic E-state index is -0.0272. The zero-order chi connectivity index (χ0) is 18.4. The van der Waals surface area contributed by atoms with Crippen LogP contribution in [0.3, 0.4) is 0 Å². The lowest BCUT2D eigenvalue weighted by Crippen LogP contribution is -2.26. The number of methoxy groups -OCH3 is 1. The molecule has 1 atom stereocenters. The summed E-state index contributed by atoms with van der Waals surface area (Å²) >= 11 is 0. The van der Waals surface area contributed by atoms with Crippen LogP contribution in [-0.4, -0.2) is 18.0 Å². The number of ether oxygens (including phenoxy) is 1. The van der Waals surface area contributed by atoms with Crippen molar-refractivity contribution >= 4 is 5.91 Å². The third-order valence-electron chi connectivity index (χ3n) is 4.15. The normalized spacial score (nSPS) is 11.8. The van der Waals surface area contributed by atoms with E-state index in [9.17, 15) is 4.79 Å². The van der Waals surface area contributed by atoms with E-state index < -0.39 is 0 Å². The van der Waals surface area contributed by atoms with Gasteiger partial charge in [-0.25, -0.2) is 4.98 Å². The molecule has 0 fully saturated rings. The van der Waals surface area contributed by atoms with E-state index in [0.717, 1.165) is 16.9 Å². The van der Waals surface area contributed by atoms with E-state index >= 15 is 0 Å². The molecule has 0 bridgehead atoms. The average molecular weight is 350 g/mol. The van der Waals surface area contributed by atoms with Crippen LogP contribution in [0.5, 0.6) is 5.75 Å². The topological polar surface area (TPSA) is 64.4 Å². The van der Waals surface area contributed by atoms with Gasteiger partial charge in [0, 0.05) is 18.4 Å². The summed E-state index contributed by atoms with van der Waals surface area (Å²) in [5, 5.41) is 3.00. The Kier molecular flexibility index (Phi) is 5.69. The van der Waals surface area contributed by atoms with Crippen LogP contribution < -0.4 is 10.1 Å². The average Bonchev–Trinajstić information content (AvgIpc) is 3.16. The molecule has 134 valence electrons. The minimum absolute atomic E-state index is 0.0255. The van der Waals surface area contributed by atoms with Crippen molar-refractivity contribution in [3.05, 3.63) is 72.2 Å². The molecule has 0 saturated heterocycles. The van der Waals surface area contributed by atoms with E-state index in [1.165, 1.54) is 0 Å². The van der Waals surface area contributed by atoms with Gasteiger partial charge >= 0.3 is 0 Å². The van der Waals surface area contributed by atoms with Gasteiger partial charge in [-0.3, -0.25) is 4.79 Å². The maximum Gasteiger partial charge on any atom is 0.220 e. The van der Waals surface area contributed by atoms with Crippen LogP contribution in [0.15, 0.2) is 65.2 Å². The molecule has 0 aliphatic rings. The predicted molar refractivity (Wildman–Crippen MR) is 99.8 cm³/mol. The Labute approximate surface area is 153 Å². The number of aryl methyl sites for hydroxylation is 1. The molecule has 1 heterocycles. The largest absolute Gasteiger partial charge is 0.497 e. The van der Waals surface area contributed by atoms with Crippen molar-refractivity contribution in [2.75, 3.05) is 7.11 Å². The number of carbonyl (C=O) groups is 1. The Morgan fingerprint density at radius 2 is 2.00 bits per heavy atom. The molecule has 1 amide bonds. The molecule has 0 unspecified atom stereocenters. The van der Waals surface area contributed by atoms with Crippen LogP contribution in [0.4, 0.5) is 0 Å². The summed E-state index contributed by atoms with van der Waals surface area (Å²) in [4.78, 5) is 16.4.